The van der Waals surface area contributed by atoms with Crippen LogP contribution >= 0.6 is 11.6 Å². The van der Waals surface area contributed by atoms with E-state index in [-0.39, 0.29) is 11.6 Å². The minimum Gasteiger partial charge on any atom is -0.354 e. The summed E-state index contributed by atoms with van der Waals surface area (Å²) in [5, 5.41) is 2.48. The van der Waals surface area contributed by atoms with Gasteiger partial charge in [-0.05, 0) is 44.0 Å². The van der Waals surface area contributed by atoms with E-state index in [1.54, 1.807) is 12.1 Å². The largest absolute Gasteiger partial charge is 0.416 e. The molecule has 1 N–H and O–H groups in total. The number of carbonyl (C=O) groups excluding carboxylic acids is 2. The molecule has 0 aliphatic heterocycles. The molecule has 0 radical (unpaired) electrons. The maximum Gasteiger partial charge on any atom is 0.416 e. The van der Waals surface area contributed by atoms with E-state index in [0.29, 0.717) is 22.5 Å². The molecule has 2 aromatic rings. The summed E-state index contributed by atoms with van der Waals surface area (Å²) in [6.45, 7) is 4.89. The highest BCUT2D eigenvalue weighted by Gasteiger charge is 2.34. The second kappa shape index (κ2) is 12.6. The van der Waals surface area contributed by atoms with Crippen LogP contribution < -0.4 is 9.62 Å². The minimum absolute atomic E-state index is 0.0184. The van der Waals surface area contributed by atoms with Gasteiger partial charge in [-0.25, -0.2) is 8.42 Å². The SMILES string of the molecule is CCCCNC(=O)[C@H](C)N(Cc1ccc(C)cc1)C(=O)CN(c1cc(C(F)(F)F)ccc1Cl)S(C)(=O)=O. The molecule has 0 aromatic heterocycles. The number of aryl methyl sites for hydroxylation is 1. The van der Waals surface area contributed by atoms with Gasteiger partial charge in [-0.3, -0.25) is 13.9 Å². The van der Waals surface area contributed by atoms with Crippen molar-refractivity contribution in [2.24, 2.45) is 0 Å². The molecule has 0 heterocycles. The van der Waals surface area contributed by atoms with E-state index in [9.17, 15) is 31.2 Å². The average Bonchev–Trinajstić information content (AvgIpc) is 2.80. The third kappa shape index (κ3) is 8.63. The summed E-state index contributed by atoms with van der Waals surface area (Å²) >= 11 is 6.08. The number of hydrogen-bond donors (Lipinski definition) is 1. The average molecular weight is 562 g/mol. The number of sulfonamides is 1. The molecule has 0 aliphatic carbocycles. The highest BCUT2D eigenvalue weighted by atomic mass is 35.5. The van der Waals surface area contributed by atoms with Crippen LogP contribution in [0.4, 0.5) is 18.9 Å². The lowest BCUT2D eigenvalue weighted by atomic mass is 10.1. The van der Waals surface area contributed by atoms with E-state index in [1.165, 1.54) is 11.8 Å². The van der Waals surface area contributed by atoms with Gasteiger partial charge in [0.15, 0.2) is 0 Å². The summed E-state index contributed by atoms with van der Waals surface area (Å²) < 4.78 is 65.7. The zero-order chi connectivity index (χ0) is 28.0. The molecule has 2 aromatic carbocycles. The molecule has 0 saturated heterocycles. The lowest BCUT2D eigenvalue weighted by Gasteiger charge is -2.32. The fourth-order valence-corrected chi connectivity index (χ4v) is 4.61. The van der Waals surface area contributed by atoms with Crippen LogP contribution in [0.1, 0.15) is 43.4 Å². The quantitative estimate of drug-likeness (QED) is 0.401. The summed E-state index contributed by atoms with van der Waals surface area (Å²) in [6.07, 6.45) is -2.40. The number of unbranched alkanes of at least 4 members (excludes halogenated alkanes) is 1. The van der Waals surface area contributed by atoms with Gasteiger partial charge < -0.3 is 10.2 Å². The standard InChI is InChI=1S/C25H31ClF3N3O4S/c1-5-6-13-30-24(34)18(3)31(15-19-9-7-17(2)8-10-19)23(33)16-32(37(4,35)36)22-14-20(25(27,28)29)11-12-21(22)26/h7-12,14,18H,5-6,13,15-16H2,1-4H3,(H,30,34)/t18-/m0/s1. The highest BCUT2D eigenvalue weighted by molar-refractivity contribution is 7.92. The van der Waals surface area contributed by atoms with Gasteiger partial charge in [0.1, 0.15) is 12.6 Å². The molecular formula is C25H31ClF3N3O4S. The zero-order valence-electron chi connectivity index (χ0n) is 21.1. The number of alkyl halides is 3. The van der Waals surface area contributed by atoms with Crippen molar-refractivity contribution >= 4 is 39.1 Å². The Kier molecular flexibility index (Phi) is 10.4. The third-order valence-corrected chi connectivity index (χ3v) is 7.14. The number of benzene rings is 2. The van der Waals surface area contributed by atoms with Gasteiger partial charge in [-0.15, -0.1) is 0 Å². The second-order valence-electron chi connectivity index (χ2n) is 8.76. The van der Waals surface area contributed by atoms with E-state index >= 15 is 0 Å². The van der Waals surface area contributed by atoms with Gasteiger partial charge in [0.05, 0.1) is 22.5 Å². The molecule has 37 heavy (non-hydrogen) atoms. The third-order valence-electron chi connectivity index (χ3n) is 5.69. The van der Waals surface area contributed by atoms with Crippen molar-refractivity contribution in [2.45, 2.75) is 52.4 Å². The van der Waals surface area contributed by atoms with Crippen LogP contribution in [0.25, 0.3) is 0 Å². The van der Waals surface area contributed by atoms with Crippen LogP contribution in [0.2, 0.25) is 5.02 Å². The maximum atomic E-state index is 13.5. The minimum atomic E-state index is -4.75. The van der Waals surface area contributed by atoms with Gasteiger partial charge in [-0.2, -0.15) is 13.2 Å². The Balaban J connectivity index is 2.45. The maximum absolute atomic E-state index is 13.5. The van der Waals surface area contributed by atoms with Crippen LogP contribution in [0, 0.1) is 6.92 Å². The molecule has 0 bridgehead atoms. The predicted molar refractivity (Wildman–Crippen MR) is 138 cm³/mol. The van der Waals surface area contributed by atoms with Gasteiger partial charge >= 0.3 is 6.18 Å². The Morgan fingerprint density at radius 3 is 2.27 bits per heavy atom. The second-order valence-corrected chi connectivity index (χ2v) is 11.1. The monoisotopic (exact) mass is 561 g/mol. The van der Waals surface area contributed by atoms with Gasteiger partial charge in [0, 0.05) is 13.1 Å². The predicted octanol–water partition coefficient (Wildman–Crippen LogP) is 4.77. The zero-order valence-corrected chi connectivity index (χ0v) is 22.7. The number of halogens is 4. The first-order valence-corrected chi connectivity index (χ1v) is 13.8. The van der Waals surface area contributed by atoms with E-state index in [4.69, 9.17) is 11.6 Å². The fraction of sp³-hybridized carbons (Fsp3) is 0.440. The summed E-state index contributed by atoms with van der Waals surface area (Å²) in [5.41, 5.74) is 0.0699. The van der Waals surface area contributed by atoms with E-state index in [1.807, 2.05) is 26.0 Å². The van der Waals surface area contributed by atoms with Gasteiger partial charge in [-0.1, -0.05) is 54.8 Å². The summed E-state index contributed by atoms with van der Waals surface area (Å²) in [7, 11) is -4.24. The number of nitrogens with one attached hydrogen (secondary N) is 1. The van der Waals surface area contributed by atoms with Crippen LogP contribution in [0.3, 0.4) is 0 Å². The molecule has 1 atom stereocenters. The number of hydrogen-bond acceptors (Lipinski definition) is 4. The molecule has 204 valence electrons. The molecule has 7 nitrogen and oxygen atoms in total. The van der Waals surface area contributed by atoms with Gasteiger partial charge in [0.2, 0.25) is 21.8 Å². The lowest BCUT2D eigenvalue weighted by molar-refractivity contribution is -0.139. The van der Waals surface area contributed by atoms with Crippen molar-refractivity contribution in [3.63, 3.8) is 0 Å². The van der Waals surface area contributed by atoms with E-state index in [2.05, 4.69) is 5.32 Å². The molecule has 2 amide bonds. The molecule has 0 unspecified atom stereocenters. The molecule has 2 rings (SSSR count). The van der Waals surface area contributed by atoms with E-state index in [0.717, 1.165) is 36.8 Å². The van der Waals surface area contributed by atoms with E-state index < -0.39 is 51.9 Å². The number of anilines is 1. The Bertz CT molecular complexity index is 1200. The van der Waals surface area contributed by atoms with Crippen molar-refractivity contribution in [1.29, 1.82) is 0 Å². The summed E-state index contributed by atoms with van der Waals surface area (Å²) in [5.74, 6) is -1.21. The summed E-state index contributed by atoms with van der Waals surface area (Å²) in [6, 6.07) is 8.46. The topological polar surface area (TPSA) is 86.8 Å². The normalized spacial score (nSPS) is 12.6. The molecule has 0 aliphatic rings. The van der Waals surface area contributed by atoms with Crippen LogP contribution in [0.5, 0.6) is 0 Å². The highest BCUT2D eigenvalue weighted by Crippen LogP contribution is 2.36. The van der Waals surface area contributed by atoms with Crippen molar-refractivity contribution in [3.05, 3.63) is 64.2 Å². The first-order chi connectivity index (χ1) is 17.1. The molecular weight excluding hydrogens is 531 g/mol. The Morgan fingerprint density at radius 1 is 1.11 bits per heavy atom. The smallest absolute Gasteiger partial charge is 0.354 e. The first-order valence-electron chi connectivity index (χ1n) is 11.6. The van der Waals surface area contributed by atoms with Crippen molar-refractivity contribution in [2.75, 3.05) is 23.7 Å². The lowest BCUT2D eigenvalue weighted by Crippen LogP contribution is -2.51. The Labute approximate surface area is 220 Å². The fourth-order valence-electron chi connectivity index (χ4n) is 3.48. The number of nitrogens with zero attached hydrogens (tertiary/aromatic N) is 2. The van der Waals surface area contributed by atoms with Crippen LogP contribution in [-0.2, 0) is 32.3 Å². The van der Waals surface area contributed by atoms with Crippen LogP contribution in [0.15, 0.2) is 42.5 Å². The summed E-state index contributed by atoms with van der Waals surface area (Å²) in [4.78, 5) is 27.5. The van der Waals surface area contributed by atoms with Crippen molar-refractivity contribution in [3.8, 4) is 0 Å². The van der Waals surface area contributed by atoms with Crippen LogP contribution in [-0.4, -0.2) is 50.5 Å². The number of amides is 2. The van der Waals surface area contributed by atoms with Crippen molar-refractivity contribution < 1.29 is 31.2 Å². The number of rotatable bonds is 11. The first kappa shape index (κ1) is 30.4. The Hall–Kier alpha value is -2.79. The molecule has 12 heteroatoms. The number of carbonyl (C=O) groups is 2. The van der Waals surface area contributed by atoms with Gasteiger partial charge in [0.25, 0.3) is 0 Å². The molecule has 0 fully saturated rings. The Morgan fingerprint density at radius 2 is 1.73 bits per heavy atom. The molecule has 0 saturated carbocycles. The van der Waals surface area contributed by atoms with Crippen molar-refractivity contribution in [1.82, 2.24) is 10.2 Å². The molecule has 0 spiro atoms.